The first kappa shape index (κ1) is 20.2. The van der Waals surface area contributed by atoms with Crippen LogP contribution in [0.4, 0.5) is 0 Å². The van der Waals surface area contributed by atoms with Crippen LogP contribution in [0.2, 0.25) is 5.02 Å². The van der Waals surface area contributed by atoms with Crippen molar-refractivity contribution < 1.29 is 4.79 Å². The fourth-order valence-electron chi connectivity index (χ4n) is 3.67. The van der Waals surface area contributed by atoms with Gasteiger partial charge in [0.05, 0.1) is 18.4 Å². The highest BCUT2D eigenvalue weighted by Gasteiger charge is 2.18. The molecule has 0 bridgehead atoms. The smallest absolute Gasteiger partial charge is 0.278 e. The number of nitrogens with zero attached hydrogens (tertiary/aromatic N) is 3. The number of aryl methyl sites for hydroxylation is 1. The molecule has 2 heterocycles. The molecule has 4 aromatic rings. The van der Waals surface area contributed by atoms with E-state index in [-0.39, 0.29) is 18.0 Å². The number of amides is 1. The van der Waals surface area contributed by atoms with E-state index in [2.05, 4.69) is 10.3 Å². The van der Waals surface area contributed by atoms with Crippen LogP contribution in [0.25, 0.3) is 21.9 Å². The summed E-state index contributed by atoms with van der Waals surface area (Å²) in [5, 5.41) is 4.35. The van der Waals surface area contributed by atoms with E-state index in [4.69, 9.17) is 11.6 Å². The summed E-state index contributed by atoms with van der Waals surface area (Å²) in [4.78, 5) is 30.5. The second-order valence-corrected chi connectivity index (χ2v) is 7.83. The molecule has 4 rings (SSSR count). The van der Waals surface area contributed by atoms with Gasteiger partial charge in [-0.05, 0) is 37.1 Å². The number of carbonyl (C=O) groups excluding carboxylic acids is 1. The normalized spacial score (nSPS) is 11.3. The number of fused-ring (bicyclic) bond motifs is 3. The fraction of sp³-hybridized carbons (Fsp3) is 0.261. The molecular weight excluding hydrogens is 400 g/mol. The summed E-state index contributed by atoms with van der Waals surface area (Å²) in [5.74, 6) is -0.128. The first-order valence-corrected chi connectivity index (χ1v) is 10.4. The molecule has 2 aromatic carbocycles. The summed E-state index contributed by atoms with van der Waals surface area (Å²) in [6, 6.07) is 13.3. The lowest BCUT2D eigenvalue weighted by Gasteiger charge is -2.10. The third kappa shape index (κ3) is 3.71. The van der Waals surface area contributed by atoms with Gasteiger partial charge >= 0.3 is 0 Å². The number of halogens is 1. The molecule has 1 amide bonds. The molecule has 0 radical (unpaired) electrons. The Balaban J connectivity index is 1.89. The standard InChI is InChI=1S/C23H23ClN4O2/c1-3-10-25-20(29)13-28-19-9-8-15(2)11-17(19)21-22(28)23(30)27(14-26-21)12-16-6-4-5-7-18(16)24/h4-9,11,14H,3,10,12-13H2,1-2H3,(H,25,29). The SMILES string of the molecule is CCCNC(=O)Cn1c2ccc(C)cc2c2ncn(Cc3ccccc3Cl)c(=O)c21. The van der Waals surface area contributed by atoms with Crippen LogP contribution < -0.4 is 10.9 Å². The lowest BCUT2D eigenvalue weighted by molar-refractivity contribution is -0.121. The van der Waals surface area contributed by atoms with Crippen LogP contribution in [0.3, 0.4) is 0 Å². The van der Waals surface area contributed by atoms with Crippen LogP contribution in [0, 0.1) is 6.92 Å². The highest BCUT2D eigenvalue weighted by atomic mass is 35.5. The van der Waals surface area contributed by atoms with Crippen molar-refractivity contribution >= 4 is 39.4 Å². The van der Waals surface area contributed by atoms with Crippen LogP contribution in [0.15, 0.2) is 53.6 Å². The Bertz CT molecular complexity index is 1310. The van der Waals surface area contributed by atoms with Gasteiger partial charge in [-0.2, -0.15) is 0 Å². The van der Waals surface area contributed by atoms with Crippen LogP contribution in [-0.2, 0) is 17.9 Å². The molecule has 0 saturated carbocycles. The molecule has 6 nitrogen and oxygen atoms in total. The van der Waals surface area contributed by atoms with Crippen LogP contribution in [0.1, 0.15) is 24.5 Å². The molecule has 2 aromatic heterocycles. The Morgan fingerprint density at radius 2 is 2.00 bits per heavy atom. The first-order valence-electron chi connectivity index (χ1n) is 9.97. The molecule has 0 unspecified atom stereocenters. The van der Waals surface area contributed by atoms with E-state index in [1.165, 1.54) is 4.57 Å². The summed E-state index contributed by atoms with van der Waals surface area (Å²) in [6.45, 7) is 4.97. The largest absolute Gasteiger partial charge is 0.355 e. The number of hydrogen-bond acceptors (Lipinski definition) is 3. The zero-order chi connectivity index (χ0) is 21.3. The van der Waals surface area contributed by atoms with Crippen molar-refractivity contribution in [2.75, 3.05) is 6.54 Å². The zero-order valence-corrected chi connectivity index (χ0v) is 17.7. The van der Waals surface area contributed by atoms with Gasteiger partial charge in [0.15, 0.2) is 0 Å². The van der Waals surface area contributed by atoms with E-state index in [9.17, 15) is 9.59 Å². The van der Waals surface area contributed by atoms with E-state index in [0.29, 0.717) is 29.1 Å². The van der Waals surface area contributed by atoms with Crippen LogP contribution in [0.5, 0.6) is 0 Å². The van der Waals surface area contributed by atoms with Crippen molar-refractivity contribution in [3.05, 3.63) is 75.3 Å². The van der Waals surface area contributed by atoms with Crippen molar-refractivity contribution in [2.45, 2.75) is 33.4 Å². The summed E-state index contributed by atoms with van der Waals surface area (Å²) < 4.78 is 3.31. The number of nitrogens with one attached hydrogen (secondary N) is 1. The predicted octanol–water partition coefficient (Wildman–Crippen LogP) is 3.89. The third-order valence-corrected chi connectivity index (χ3v) is 5.52. The highest BCUT2D eigenvalue weighted by Crippen LogP contribution is 2.26. The maximum absolute atomic E-state index is 13.4. The maximum atomic E-state index is 13.4. The van der Waals surface area contributed by atoms with Gasteiger partial charge in [-0.3, -0.25) is 14.2 Å². The predicted molar refractivity (Wildman–Crippen MR) is 120 cm³/mol. The second-order valence-electron chi connectivity index (χ2n) is 7.42. The van der Waals surface area contributed by atoms with E-state index >= 15 is 0 Å². The topological polar surface area (TPSA) is 68.9 Å². The number of hydrogen-bond donors (Lipinski definition) is 1. The van der Waals surface area contributed by atoms with Crippen molar-refractivity contribution in [3.8, 4) is 0 Å². The van der Waals surface area contributed by atoms with Gasteiger partial charge in [-0.25, -0.2) is 4.98 Å². The van der Waals surface area contributed by atoms with Crippen molar-refractivity contribution in [1.82, 2.24) is 19.4 Å². The van der Waals surface area contributed by atoms with Gasteiger partial charge in [0, 0.05) is 17.0 Å². The minimum absolute atomic E-state index is 0.0656. The van der Waals surface area contributed by atoms with Gasteiger partial charge in [-0.1, -0.05) is 48.4 Å². The van der Waals surface area contributed by atoms with E-state index < -0.39 is 0 Å². The minimum atomic E-state index is -0.197. The second kappa shape index (κ2) is 8.32. The third-order valence-electron chi connectivity index (χ3n) is 5.15. The summed E-state index contributed by atoms with van der Waals surface area (Å²) >= 11 is 6.28. The molecule has 0 aliphatic carbocycles. The van der Waals surface area contributed by atoms with Gasteiger partial charge in [-0.15, -0.1) is 0 Å². The molecule has 154 valence electrons. The lowest BCUT2D eigenvalue weighted by Crippen LogP contribution is -2.30. The Hall–Kier alpha value is -3.12. The molecular formula is C23H23ClN4O2. The van der Waals surface area contributed by atoms with E-state index in [0.717, 1.165) is 28.5 Å². The quantitative estimate of drug-likeness (QED) is 0.512. The first-order chi connectivity index (χ1) is 14.5. The molecule has 7 heteroatoms. The van der Waals surface area contributed by atoms with Crippen molar-refractivity contribution in [1.29, 1.82) is 0 Å². The van der Waals surface area contributed by atoms with Gasteiger partial charge in [0.2, 0.25) is 5.91 Å². The Kier molecular flexibility index (Phi) is 5.59. The monoisotopic (exact) mass is 422 g/mol. The van der Waals surface area contributed by atoms with Crippen molar-refractivity contribution in [3.63, 3.8) is 0 Å². The number of benzene rings is 2. The summed E-state index contributed by atoms with van der Waals surface area (Å²) in [6.07, 6.45) is 2.40. The van der Waals surface area contributed by atoms with Crippen LogP contribution in [-0.4, -0.2) is 26.6 Å². The zero-order valence-electron chi connectivity index (χ0n) is 17.0. The fourth-order valence-corrected chi connectivity index (χ4v) is 3.86. The number of aromatic nitrogens is 3. The lowest BCUT2D eigenvalue weighted by atomic mass is 10.1. The van der Waals surface area contributed by atoms with E-state index in [1.54, 1.807) is 17.0 Å². The molecule has 0 saturated heterocycles. The number of carbonyl (C=O) groups is 1. The molecule has 1 N–H and O–H groups in total. The molecule has 0 aliphatic rings. The average molecular weight is 423 g/mol. The Morgan fingerprint density at radius 3 is 2.77 bits per heavy atom. The Morgan fingerprint density at radius 1 is 1.20 bits per heavy atom. The summed E-state index contributed by atoms with van der Waals surface area (Å²) in [5.41, 5.74) is 3.56. The van der Waals surface area contributed by atoms with Crippen LogP contribution >= 0.6 is 11.6 Å². The Labute approximate surface area is 179 Å². The van der Waals surface area contributed by atoms with Gasteiger partial charge in [0.25, 0.3) is 5.56 Å². The summed E-state index contributed by atoms with van der Waals surface area (Å²) in [7, 11) is 0. The minimum Gasteiger partial charge on any atom is -0.355 e. The molecule has 0 atom stereocenters. The molecule has 0 fully saturated rings. The number of rotatable bonds is 6. The molecule has 0 spiro atoms. The molecule has 30 heavy (non-hydrogen) atoms. The van der Waals surface area contributed by atoms with Gasteiger partial charge < -0.3 is 9.88 Å². The maximum Gasteiger partial charge on any atom is 0.278 e. The highest BCUT2D eigenvalue weighted by molar-refractivity contribution is 6.31. The van der Waals surface area contributed by atoms with E-state index in [1.807, 2.05) is 50.2 Å². The van der Waals surface area contributed by atoms with Gasteiger partial charge in [0.1, 0.15) is 17.6 Å². The van der Waals surface area contributed by atoms with Crippen molar-refractivity contribution in [2.24, 2.45) is 0 Å². The average Bonchev–Trinajstić information content (AvgIpc) is 3.03. The molecule has 0 aliphatic heterocycles.